The van der Waals surface area contributed by atoms with Gasteiger partial charge in [0.05, 0.1) is 6.10 Å². The molecule has 0 radical (unpaired) electrons. The van der Waals surface area contributed by atoms with E-state index >= 15 is 0 Å². The number of anilines is 1. The van der Waals surface area contributed by atoms with E-state index in [9.17, 15) is 14.4 Å². The predicted octanol–water partition coefficient (Wildman–Crippen LogP) is 2.71. The van der Waals surface area contributed by atoms with Crippen molar-refractivity contribution in [1.29, 1.82) is 0 Å². The molecule has 1 N–H and O–H groups in total. The van der Waals surface area contributed by atoms with Crippen LogP contribution in [0.2, 0.25) is 0 Å². The molecule has 0 bridgehead atoms. The van der Waals surface area contributed by atoms with Crippen molar-refractivity contribution in [2.24, 2.45) is 11.8 Å². The number of likely N-dealkylation sites (tertiary alicyclic amines) is 1. The van der Waals surface area contributed by atoms with E-state index in [1.165, 1.54) is 0 Å². The fraction of sp³-hybridized carbons (Fsp3) is 0.690. The summed E-state index contributed by atoms with van der Waals surface area (Å²) < 4.78 is 5.83. The molecule has 0 unspecified atom stereocenters. The molecule has 3 heterocycles. The molecule has 3 aliphatic heterocycles. The minimum absolute atomic E-state index is 0.0104. The van der Waals surface area contributed by atoms with Gasteiger partial charge in [-0.3, -0.25) is 14.4 Å². The number of hydrogen-bond donors (Lipinski definition) is 1. The summed E-state index contributed by atoms with van der Waals surface area (Å²) in [6.07, 6.45) is 5.68. The molecule has 8 nitrogen and oxygen atoms in total. The number of likely N-dealkylation sites (N-methyl/N-ethyl adjacent to an activating group) is 1. The first-order chi connectivity index (χ1) is 18.0. The quantitative estimate of drug-likeness (QED) is 0.579. The zero-order valence-corrected chi connectivity index (χ0v) is 22.4. The molecule has 0 aromatic heterocycles. The summed E-state index contributed by atoms with van der Waals surface area (Å²) in [5, 5.41) is 3.10. The number of hydrogen-bond acceptors (Lipinski definition) is 6. The highest BCUT2D eigenvalue weighted by molar-refractivity contribution is 5.99. The lowest BCUT2D eigenvalue weighted by molar-refractivity contribution is -0.139. The smallest absolute Gasteiger partial charge is 0.251 e. The molecule has 8 heteroatoms. The summed E-state index contributed by atoms with van der Waals surface area (Å²) in [6.45, 7) is 10.1. The molecular weight excluding hydrogens is 468 g/mol. The molecule has 37 heavy (non-hydrogen) atoms. The number of nitrogens with one attached hydrogen (secondary N) is 1. The Labute approximate surface area is 220 Å². The third-order valence-corrected chi connectivity index (χ3v) is 8.97. The lowest BCUT2D eigenvalue weighted by atomic mass is 9.95. The first-order valence-corrected chi connectivity index (χ1v) is 14.3. The Morgan fingerprint density at radius 1 is 1.05 bits per heavy atom. The summed E-state index contributed by atoms with van der Waals surface area (Å²) >= 11 is 0. The van der Waals surface area contributed by atoms with E-state index in [1.54, 1.807) is 4.90 Å². The minimum Gasteiger partial charge on any atom is -0.369 e. The highest BCUT2D eigenvalue weighted by atomic mass is 16.5. The number of amides is 2. The summed E-state index contributed by atoms with van der Waals surface area (Å²) in [5.41, 5.74) is 1.69. The van der Waals surface area contributed by atoms with E-state index in [-0.39, 0.29) is 42.1 Å². The van der Waals surface area contributed by atoms with Crippen LogP contribution < -0.4 is 10.2 Å². The van der Waals surface area contributed by atoms with Gasteiger partial charge in [0, 0.05) is 49.9 Å². The van der Waals surface area contributed by atoms with Gasteiger partial charge >= 0.3 is 0 Å². The lowest BCUT2D eigenvalue weighted by Gasteiger charge is -2.35. The van der Waals surface area contributed by atoms with Crippen molar-refractivity contribution in [3.05, 3.63) is 29.8 Å². The first-order valence-electron chi connectivity index (χ1n) is 14.3. The van der Waals surface area contributed by atoms with Crippen LogP contribution in [0.1, 0.15) is 62.7 Å². The second-order valence-corrected chi connectivity index (χ2v) is 11.2. The van der Waals surface area contributed by atoms with E-state index in [0.717, 1.165) is 76.9 Å². The Bertz CT molecular complexity index is 969. The Morgan fingerprint density at radius 3 is 2.41 bits per heavy atom. The summed E-state index contributed by atoms with van der Waals surface area (Å²) in [4.78, 5) is 46.5. The van der Waals surface area contributed by atoms with Crippen molar-refractivity contribution in [3.8, 4) is 0 Å². The van der Waals surface area contributed by atoms with E-state index in [0.29, 0.717) is 12.1 Å². The van der Waals surface area contributed by atoms with Crippen LogP contribution in [0.25, 0.3) is 0 Å². The summed E-state index contributed by atoms with van der Waals surface area (Å²) in [5.74, 6) is -0.0619. The first kappa shape index (κ1) is 26.2. The Morgan fingerprint density at radius 2 is 1.76 bits per heavy atom. The minimum atomic E-state index is -0.605. The number of Topliss-reactive ketones (excluding diaryl/α,β-unsaturated/α-hetero) is 1. The SMILES string of the molecule is CCC[C@@H]1CN(C(=O)[C@@H](NC(=O)c2ccc(N3CCN(CC)CC3)cc2)C2CCCC2)[C@@H]2C(=O)CO[C@H]12. The average Bonchev–Trinajstić information content (AvgIpc) is 3.67. The number of fused-ring (bicyclic) bond motifs is 1. The Hall–Kier alpha value is -2.45. The van der Waals surface area contributed by atoms with Crippen LogP contribution in [0.5, 0.6) is 0 Å². The van der Waals surface area contributed by atoms with Crippen molar-refractivity contribution in [2.45, 2.75) is 70.6 Å². The van der Waals surface area contributed by atoms with Gasteiger partial charge in [-0.25, -0.2) is 0 Å². The maximum Gasteiger partial charge on any atom is 0.251 e. The van der Waals surface area contributed by atoms with Crippen LogP contribution in [0, 0.1) is 11.8 Å². The zero-order valence-electron chi connectivity index (χ0n) is 22.4. The number of carbonyl (C=O) groups excluding carboxylic acids is 3. The summed E-state index contributed by atoms with van der Waals surface area (Å²) in [6, 6.07) is 6.65. The average molecular weight is 511 g/mol. The standard InChI is InChI=1S/C29H42N4O4/c1-3-7-22-18-33(26-24(34)19-37-27(22)26)29(36)25(20-8-5-6-9-20)30-28(35)21-10-12-23(13-11-21)32-16-14-31(4-2)15-17-32/h10-13,20,22,25-27H,3-9,14-19H2,1-2H3,(H,30,35)/t22-,25+,26-,27-/m1/s1. The van der Waals surface area contributed by atoms with Gasteiger partial charge < -0.3 is 24.8 Å². The van der Waals surface area contributed by atoms with Crippen LogP contribution in [-0.2, 0) is 14.3 Å². The molecule has 3 saturated heterocycles. The van der Waals surface area contributed by atoms with E-state index < -0.39 is 12.1 Å². The molecule has 1 aliphatic carbocycles. The van der Waals surface area contributed by atoms with Crippen LogP contribution in [0.4, 0.5) is 5.69 Å². The highest BCUT2D eigenvalue weighted by Crippen LogP contribution is 2.36. The van der Waals surface area contributed by atoms with Crippen LogP contribution in [0.15, 0.2) is 24.3 Å². The van der Waals surface area contributed by atoms with Crippen molar-refractivity contribution in [1.82, 2.24) is 15.1 Å². The van der Waals surface area contributed by atoms with Crippen LogP contribution in [0.3, 0.4) is 0 Å². The van der Waals surface area contributed by atoms with Crippen molar-refractivity contribution in [2.75, 3.05) is 50.8 Å². The van der Waals surface area contributed by atoms with Crippen molar-refractivity contribution in [3.63, 3.8) is 0 Å². The van der Waals surface area contributed by atoms with Gasteiger partial charge in [0.25, 0.3) is 5.91 Å². The maximum absolute atomic E-state index is 13.9. The molecule has 2 amide bonds. The number of ether oxygens (including phenoxy) is 1. The second kappa shape index (κ2) is 11.5. The molecule has 4 atom stereocenters. The van der Waals surface area contributed by atoms with Gasteiger partial charge in [0.15, 0.2) is 5.78 Å². The molecule has 4 aliphatic rings. The van der Waals surface area contributed by atoms with E-state index in [2.05, 4.69) is 29.0 Å². The van der Waals surface area contributed by atoms with Gasteiger partial charge in [-0.2, -0.15) is 0 Å². The number of ketones is 1. The van der Waals surface area contributed by atoms with Crippen molar-refractivity contribution < 1.29 is 19.1 Å². The fourth-order valence-electron chi connectivity index (χ4n) is 6.83. The van der Waals surface area contributed by atoms with E-state index in [1.807, 2.05) is 24.3 Å². The van der Waals surface area contributed by atoms with E-state index in [4.69, 9.17) is 4.74 Å². The lowest BCUT2D eigenvalue weighted by Crippen LogP contribution is -2.54. The number of carbonyl (C=O) groups is 3. The molecular formula is C29H42N4O4. The van der Waals surface area contributed by atoms with Crippen LogP contribution >= 0.6 is 0 Å². The van der Waals surface area contributed by atoms with Gasteiger partial charge in [-0.05, 0) is 56.0 Å². The predicted molar refractivity (Wildman–Crippen MR) is 143 cm³/mol. The van der Waals surface area contributed by atoms with Gasteiger partial charge in [0.2, 0.25) is 5.91 Å². The number of rotatable bonds is 8. The molecule has 0 spiro atoms. The molecule has 1 aromatic rings. The van der Waals surface area contributed by atoms with Gasteiger partial charge in [-0.1, -0.05) is 33.1 Å². The highest BCUT2D eigenvalue weighted by Gasteiger charge is 2.53. The van der Waals surface area contributed by atoms with Crippen LogP contribution in [-0.4, -0.2) is 91.5 Å². The normalized spacial score (nSPS) is 27.5. The Balaban J connectivity index is 1.29. The third kappa shape index (κ3) is 5.41. The number of benzene rings is 1. The third-order valence-electron chi connectivity index (χ3n) is 8.97. The molecule has 4 fully saturated rings. The molecule has 1 aromatic carbocycles. The maximum atomic E-state index is 13.9. The number of nitrogens with zero attached hydrogens (tertiary/aromatic N) is 3. The topological polar surface area (TPSA) is 82.2 Å². The monoisotopic (exact) mass is 510 g/mol. The van der Waals surface area contributed by atoms with Gasteiger partial charge in [0.1, 0.15) is 18.7 Å². The summed E-state index contributed by atoms with van der Waals surface area (Å²) in [7, 11) is 0. The molecule has 202 valence electrons. The largest absolute Gasteiger partial charge is 0.369 e. The zero-order chi connectivity index (χ0) is 25.9. The Kier molecular flexibility index (Phi) is 8.15. The van der Waals surface area contributed by atoms with Crippen molar-refractivity contribution >= 4 is 23.3 Å². The molecule has 5 rings (SSSR count). The van der Waals surface area contributed by atoms with Gasteiger partial charge in [-0.15, -0.1) is 0 Å². The molecule has 1 saturated carbocycles. The number of piperazine rings is 1. The fourth-order valence-corrected chi connectivity index (χ4v) is 6.83. The second-order valence-electron chi connectivity index (χ2n) is 11.2.